The lowest BCUT2D eigenvalue weighted by Gasteiger charge is -2.11. The molecule has 9 aromatic heterocycles. The standard InChI is InChI=1S/C32H18N4S.C27H17N3S.C5H3ClIN/c1-2-7-19(8-3-1)36-26-18-24-23(30-25(10-6-14-33-30)35-16-15-34-32(24)35)17-22(26)20-12-13-28-29(31(20)36)21-9-4-5-11-27(21)37-28;1-2-6-18(7-3-1)30-22-16-17(27-28-14-15-29-27)10-11-19(22)20-12-13-24-25(26(20)30)21-8-4-5-9-23(21)31-24;6-5-4(7)2-1-3-8-5/h1-18H;1-16H,(H,28,29);1-3H. The highest BCUT2D eigenvalue weighted by molar-refractivity contribution is 14.1. The molecule has 8 aromatic carbocycles. The average molecular weight is 1150 g/mol. The molecular formula is C64H38ClIN8S2. The number of imidazole rings is 2. The summed E-state index contributed by atoms with van der Waals surface area (Å²) in [5.41, 5.74) is 11.3. The van der Waals surface area contributed by atoms with Gasteiger partial charge in [0.1, 0.15) is 16.6 Å². The monoisotopic (exact) mass is 1140 g/mol. The van der Waals surface area contributed by atoms with Gasteiger partial charge in [0.25, 0.3) is 0 Å². The third-order valence-corrected chi connectivity index (χ3v) is 18.1. The molecule has 0 aliphatic carbocycles. The van der Waals surface area contributed by atoms with Crippen molar-refractivity contribution in [2.24, 2.45) is 0 Å². The maximum atomic E-state index is 5.59. The van der Waals surface area contributed by atoms with E-state index in [1.807, 2.05) is 65.7 Å². The van der Waals surface area contributed by atoms with Crippen LogP contribution >= 0.6 is 56.9 Å². The van der Waals surface area contributed by atoms with Crippen molar-refractivity contribution in [1.82, 2.24) is 38.5 Å². The number of pyridine rings is 3. The second kappa shape index (κ2) is 18.1. The molecule has 0 unspecified atom stereocenters. The van der Waals surface area contributed by atoms with Gasteiger partial charge in [0.2, 0.25) is 0 Å². The fourth-order valence-corrected chi connectivity index (χ4v) is 13.9. The number of thiophene rings is 2. The summed E-state index contributed by atoms with van der Waals surface area (Å²) in [7, 11) is 0. The van der Waals surface area contributed by atoms with E-state index in [1.165, 1.54) is 89.6 Å². The van der Waals surface area contributed by atoms with E-state index in [1.54, 1.807) is 12.4 Å². The van der Waals surface area contributed by atoms with Gasteiger partial charge in [-0.2, -0.15) is 0 Å². The summed E-state index contributed by atoms with van der Waals surface area (Å²) in [6.07, 6.45) is 11.1. The van der Waals surface area contributed by atoms with Crippen molar-refractivity contribution in [2.45, 2.75) is 0 Å². The number of hydrogen-bond acceptors (Lipinski definition) is 6. The van der Waals surface area contributed by atoms with Crippen molar-refractivity contribution in [3.8, 4) is 22.8 Å². The molecule has 0 saturated heterocycles. The van der Waals surface area contributed by atoms with Crippen LogP contribution in [-0.2, 0) is 0 Å². The molecule has 0 amide bonds. The maximum Gasteiger partial charge on any atom is 0.145 e. The maximum absolute atomic E-state index is 5.59. The molecule has 0 aliphatic rings. The van der Waals surface area contributed by atoms with Crippen molar-refractivity contribution in [2.75, 3.05) is 0 Å². The Bertz CT molecular complexity index is 5080. The van der Waals surface area contributed by atoms with Crippen LogP contribution < -0.4 is 0 Å². The lowest BCUT2D eigenvalue weighted by Crippen LogP contribution is -1.95. The van der Waals surface area contributed by atoms with Crippen LogP contribution in [0.25, 0.3) is 134 Å². The number of rotatable bonds is 3. The number of para-hydroxylation sites is 2. The molecule has 8 nitrogen and oxygen atoms in total. The van der Waals surface area contributed by atoms with Gasteiger partial charge in [-0.05, 0) is 114 Å². The van der Waals surface area contributed by atoms with Crippen LogP contribution in [0.1, 0.15) is 0 Å². The minimum absolute atomic E-state index is 0.577. The Morgan fingerprint density at radius 2 is 1.04 bits per heavy atom. The quantitative estimate of drug-likeness (QED) is 0.109. The molecule has 9 heterocycles. The topological polar surface area (TPSA) is 81.6 Å². The van der Waals surface area contributed by atoms with Gasteiger partial charge in [0, 0.05) is 127 Å². The second-order valence-electron chi connectivity index (χ2n) is 18.6. The molecular weight excluding hydrogens is 1110 g/mol. The first-order valence-electron chi connectivity index (χ1n) is 24.7. The minimum Gasteiger partial charge on any atom is -0.345 e. The van der Waals surface area contributed by atoms with Crippen molar-refractivity contribution in [3.05, 3.63) is 234 Å². The first kappa shape index (κ1) is 45.0. The van der Waals surface area contributed by atoms with E-state index >= 15 is 0 Å². The fourth-order valence-electron chi connectivity index (χ4n) is 11.2. The minimum atomic E-state index is 0.577. The summed E-state index contributed by atoms with van der Waals surface area (Å²) < 4.78 is 13.3. The Kier molecular flexibility index (Phi) is 10.7. The van der Waals surface area contributed by atoms with Crippen LogP contribution in [0.3, 0.4) is 0 Å². The third kappa shape index (κ3) is 7.14. The number of fused-ring (bicyclic) bond motifs is 20. The van der Waals surface area contributed by atoms with E-state index in [9.17, 15) is 0 Å². The van der Waals surface area contributed by atoms with Gasteiger partial charge in [-0.25, -0.2) is 15.0 Å². The Morgan fingerprint density at radius 1 is 0.434 bits per heavy atom. The van der Waals surface area contributed by atoms with Crippen LogP contribution in [0.5, 0.6) is 0 Å². The summed E-state index contributed by atoms with van der Waals surface area (Å²) >= 11 is 11.4. The fraction of sp³-hybridized carbons (Fsp3) is 0. The summed E-state index contributed by atoms with van der Waals surface area (Å²) in [5, 5.41) is 13.1. The zero-order valence-electron chi connectivity index (χ0n) is 40.1. The van der Waals surface area contributed by atoms with Gasteiger partial charge in [0.05, 0.1) is 36.7 Å². The number of benzene rings is 8. The van der Waals surface area contributed by atoms with E-state index in [-0.39, 0.29) is 0 Å². The van der Waals surface area contributed by atoms with Gasteiger partial charge in [-0.3, -0.25) is 9.38 Å². The molecule has 0 radical (unpaired) electrons. The predicted molar refractivity (Wildman–Crippen MR) is 328 cm³/mol. The smallest absolute Gasteiger partial charge is 0.145 e. The lowest BCUT2D eigenvalue weighted by atomic mass is 10.0. The average Bonchev–Trinajstić information content (AvgIpc) is 4.36. The molecule has 0 saturated carbocycles. The summed E-state index contributed by atoms with van der Waals surface area (Å²) in [4.78, 5) is 21.1. The number of nitrogens with zero attached hydrogens (tertiary/aromatic N) is 7. The zero-order chi connectivity index (χ0) is 50.4. The van der Waals surface area contributed by atoms with Gasteiger partial charge in [0.15, 0.2) is 0 Å². The Balaban J connectivity index is 0.000000118. The molecule has 0 fully saturated rings. The molecule has 17 rings (SSSR count). The normalized spacial score (nSPS) is 11.8. The van der Waals surface area contributed by atoms with E-state index in [4.69, 9.17) is 21.6 Å². The summed E-state index contributed by atoms with van der Waals surface area (Å²) in [6.45, 7) is 0. The molecule has 1 N–H and O–H groups in total. The highest BCUT2D eigenvalue weighted by Crippen LogP contribution is 2.46. The lowest BCUT2D eigenvalue weighted by molar-refractivity contribution is 1.19. The van der Waals surface area contributed by atoms with Gasteiger partial charge in [-0.1, -0.05) is 109 Å². The molecule has 12 heteroatoms. The van der Waals surface area contributed by atoms with Crippen molar-refractivity contribution >= 4 is 168 Å². The largest absolute Gasteiger partial charge is 0.345 e. The number of H-pyrrole nitrogens is 1. The number of aromatic amines is 1. The molecule has 360 valence electrons. The van der Waals surface area contributed by atoms with Crippen molar-refractivity contribution < 1.29 is 0 Å². The Hall–Kier alpha value is -8.46. The van der Waals surface area contributed by atoms with Crippen LogP contribution in [0, 0.1) is 3.57 Å². The van der Waals surface area contributed by atoms with Gasteiger partial charge < -0.3 is 14.1 Å². The van der Waals surface area contributed by atoms with Crippen LogP contribution in [0.4, 0.5) is 0 Å². The molecule has 0 aliphatic heterocycles. The summed E-state index contributed by atoms with van der Waals surface area (Å²) in [5.74, 6) is 0.887. The molecule has 0 spiro atoms. The highest BCUT2D eigenvalue weighted by atomic mass is 127. The second-order valence-corrected chi connectivity index (χ2v) is 22.2. The summed E-state index contributed by atoms with van der Waals surface area (Å²) in [6, 6.07) is 67.1. The van der Waals surface area contributed by atoms with Crippen molar-refractivity contribution in [3.63, 3.8) is 0 Å². The van der Waals surface area contributed by atoms with Crippen LogP contribution in [-0.4, -0.2) is 38.5 Å². The van der Waals surface area contributed by atoms with E-state index in [0.717, 1.165) is 48.1 Å². The number of halogens is 2. The molecule has 0 atom stereocenters. The Morgan fingerprint density at radius 3 is 1.67 bits per heavy atom. The first-order chi connectivity index (χ1) is 37.6. The van der Waals surface area contributed by atoms with Crippen molar-refractivity contribution in [1.29, 1.82) is 0 Å². The molecule has 76 heavy (non-hydrogen) atoms. The number of nitrogens with one attached hydrogen (secondary N) is 1. The predicted octanol–water partition coefficient (Wildman–Crippen LogP) is 18.4. The van der Waals surface area contributed by atoms with E-state index in [2.05, 4.69) is 221 Å². The SMILES string of the molecule is Clc1ncccc1I.c1ccc(-n2c3cc(-c4ncc[nH]4)ccc3c3ccc4sc5ccccc5c4c32)cc1.c1ccc(-n2c3cc4c(cc3c3ccc5sc6ccccc6c5c32)c2ncccc2n2ccnc42)cc1. The number of aromatic nitrogens is 8. The molecule has 17 aromatic rings. The molecule has 0 bridgehead atoms. The highest BCUT2D eigenvalue weighted by Gasteiger charge is 2.22. The van der Waals surface area contributed by atoms with Crippen LogP contribution in [0.2, 0.25) is 5.15 Å². The third-order valence-electron chi connectivity index (χ3n) is 14.4. The first-order valence-corrected chi connectivity index (χ1v) is 27.8. The van der Waals surface area contributed by atoms with Gasteiger partial charge in [-0.15, -0.1) is 22.7 Å². The zero-order valence-corrected chi connectivity index (χ0v) is 44.6. The Labute approximate surface area is 459 Å². The van der Waals surface area contributed by atoms with E-state index < -0.39 is 0 Å². The van der Waals surface area contributed by atoms with E-state index in [0.29, 0.717) is 5.15 Å². The number of hydrogen-bond donors (Lipinski definition) is 1. The van der Waals surface area contributed by atoms with Gasteiger partial charge >= 0.3 is 0 Å². The van der Waals surface area contributed by atoms with Crippen LogP contribution in [0.15, 0.2) is 225 Å².